The maximum Gasteiger partial charge on any atom is 0.216 e. The molecule has 6 nitrogen and oxygen atoms in total. The fourth-order valence-corrected chi connectivity index (χ4v) is 4.26. The Morgan fingerprint density at radius 3 is 2.03 bits per heavy atom. The summed E-state index contributed by atoms with van der Waals surface area (Å²) < 4.78 is 7.80. The van der Waals surface area contributed by atoms with Crippen molar-refractivity contribution in [3.8, 4) is 0 Å². The van der Waals surface area contributed by atoms with E-state index in [2.05, 4.69) is 82.8 Å². The molecule has 1 aliphatic rings. The van der Waals surface area contributed by atoms with Gasteiger partial charge in [0.1, 0.15) is 12.1 Å². The van der Waals surface area contributed by atoms with E-state index < -0.39 is 0 Å². The van der Waals surface area contributed by atoms with Gasteiger partial charge in [0.25, 0.3) is 0 Å². The molecule has 2 heterocycles. The zero-order valence-electron chi connectivity index (χ0n) is 19.4. The molecular formula is C28H29N5O. The van der Waals surface area contributed by atoms with Crippen molar-refractivity contribution in [2.24, 2.45) is 4.99 Å². The highest BCUT2D eigenvalue weighted by Gasteiger charge is 2.33. The number of hydrogen-bond acceptors (Lipinski definition) is 5. The molecule has 1 aromatic heterocycles. The Morgan fingerprint density at radius 1 is 0.824 bits per heavy atom. The lowest BCUT2D eigenvalue weighted by Gasteiger charge is -2.21. The van der Waals surface area contributed by atoms with Crippen LogP contribution in [0, 0.1) is 0 Å². The molecule has 0 amide bonds. The zero-order valence-corrected chi connectivity index (χ0v) is 19.4. The van der Waals surface area contributed by atoms with E-state index in [1.54, 1.807) is 0 Å². The summed E-state index contributed by atoms with van der Waals surface area (Å²) in [7, 11) is 0. The molecule has 0 unspecified atom stereocenters. The van der Waals surface area contributed by atoms with Gasteiger partial charge in [-0.2, -0.15) is 0 Å². The summed E-state index contributed by atoms with van der Waals surface area (Å²) in [5, 5.41) is 8.88. The second-order valence-corrected chi connectivity index (χ2v) is 9.09. The Morgan fingerprint density at radius 2 is 1.41 bits per heavy atom. The van der Waals surface area contributed by atoms with Crippen LogP contribution in [-0.4, -0.2) is 37.9 Å². The number of rotatable bonds is 9. The van der Waals surface area contributed by atoms with Crippen molar-refractivity contribution < 1.29 is 4.74 Å². The predicted octanol–water partition coefficient (Wildman–Crippen LogP) is 4.72. The number of hydrogen-bond donors (Lipinski definition) is 0. The smallest absolute Gasteiger partial charge is 0.216 e. The van der Waals surface area contributed by atoms with Gasteiger partial charge in [0.15, 0.2) is 0 Å². The van der Waals surface area contributed by atoms with E-state index in [9.17, 15) is 0 Å². The first-order valence-corrected chi connectivity index (χ1v) is 11.6. The van der Waals surface area contributed by atoms with Gasteiger partial charge in [-0.15, -0.1) is 5.10 Å². The van der Waals surface area contributed by atoms with Crippen LogP contribution in [0.15, 0.2) is 102 Å². The lowest BCUT2D eigenvalue weighted by atomic mass is 10.1. The van der Waals surface area contributed by atoms with E-state index in [1.807, 2.05) is 41.2 Å². The molecule has 0 fully saturated rings. The van der Waals surface area contributed by atoms with Crippen LogP contribution in [0.5, 0.6) is 0 Å². The van der Waals surface area contributed by atoms with Crippen LogP contribution in [0.3, 0.4) is 0 Å². The largest absolute Gasteiger partial charge is 0.475 e. The summed E-state index contributed by atoms with van der Waals surface area (Å²) in [6, 6.07) is 31.1. The fourth-order valence-electron chi connectivity index (χ4n) is 4.26. The minimum absolute atomic E-state index is 0.371. The number of aromatic nitrogens is 3. The van der Waals surface area contributed by atoms with Gasteiger partial charge in [-0.25, -0.2) is 9.67 Å². The maximum atomic E-state index is 5.91. The lowest BCUT2D eigenvalue weighted by Crippen LogP contribution is -2.30. The van der Waals surface area contributed by atoms with E-state index in [4.69, 9.17) is 9.73 Å². The van der Waals surface area contributed by atoms with Crippen LogP contribution in [0.2, 0.25) is 0 Å². The Labute approximate surface area is 200 Å². The quantitative estimate of drug-likeness (QED) is 0.370. The van der Waals surface area contributed by atoms with Crippen molar-refractivity contribution in [3.05, 3.63) is 120 Å². The molecule has 1 atom stereocenters. The Kier molecular flexibility index (Phi) is 6.49. The van der Waals surface area contributed by atoms with Gasteiger partial charge < -0.3 is 4.74 Å². The highest BCUT2D eigenvalue weighted by molar-refractivity contribution is 5.95. The van der Waals surface area contributed by atoms with Crippen molar-refractivity contribution >= 4 is 5.90 Å². The summed E-state index contributed by atoms with van der Waals surface area (Å²) in [5.74, 6) is 0.695. The van der Waals surface area contributed by atoms with Crippen molar-refractivity contribution in [2.75, 3.05) is 6.61 Å². The molecule has 1 aliphatic heterocycles. The average molecular weight is 452 g/mol. The highest BCUT2D eigenvalue weighted by atomic mass is 16.5. The summed E-state index contributed by atoms with van der Waals surface area (Å²) in [6.07, 6.45) is 2.03. The summed E-state index contributed by atoms with van der Waals surface area (Å²) in [6.45, 7) is 5.66. The van der Waals surface area contributed by atoms with Crippen molar-refractivity contribution in [2.45, 2.75) is 38.6 Å². The van der Waals surface area contributed by atoms with E-state index in [0.29, 0.717) is 19.0 Å². The molecule has 3 aromatic carbocycles. The minimum Gasteiger partial charge on any atom is -0.475 e. The van der Waals surface area contributed by atoms with Crippen LogP contribution in [-0.2, 0) is 30.9 Å². The Hall–Kier alpha value is -3.77. The molecule has 4 aromatic rings. The third-order valence-corrected chi connectivity index (χ3v) is 5.88. The van der Waals surface area contributed by atoms with Gasteiger partial charge >= 0.3 is 0 Å². The molecule has 0 bridgehead atoms. The second-order valence-electron chi connectivity index (χ2n) is 9.09. The van der Waals surface area contributed by atoms with Crippen LogP contribution in [0.25, 0.3) is 0 Å². The average Bonchev–Trinajstić information content (AvgIpc) is 3.47. The van der Waals surface area contributed by atoms with E-state index in [-0.39, 0.29) is 5.54 Å². The van der Waals surface area contributed by atoms with Crippen LogP contribution in [0.1, 0.15) is 29.3 Å². The zero-order chi connectivity index (χ0) is 23.2. The van der Waals surface area contributed by atoms with Gasteiger partial charge in [0, 0.05) is 31.4 Å². The van der Waals surface area contributed by atoms with Crippen LogP contribution >= 0.6 is 0 Å². The third kappa shape index (κ3) is 5.58. The Balaban J connectivity index is 1.28. The molecule has 0 radical (unpaired) electrons. The van der Waals surface area contributed by atoms with E-state index in [0.717, 1.165) is 30.9 Å². The lowest BCUT2D eigenvalue weighted by molar-refractivity contribution is 0.242. The second kappa shape index (κ2) is 10.0. The number of benzene rings is 3. The number of ether oxygens (including phenoxy) is 1. The van der Waals surface area contributed by atoms with Gasteiger partial charge in [-0.1, -0.05) is 84.1 Å². The molecule has 0 saturated heterocycles. The first-order valence-electron chi connectivity index (χ1n) is 11.6. The van der Waals surface area contributed by atoms with E-state index >= 15 is 0 Å². The number of nitrogens with zero attached hydrogens (tertiary/aromatic N) is 5. The Bertz CT molecular complexity index is 1180. The first-order chi connectivity index (χ1) is 16.7. The SMILES string of the molecule is C[C@]1(Cn2cc(CN(Cc3ccccc3)Cc3ccccc3)nn2)COC(c2ccccc2)=N1. The standard InChI is InChI=1S/C28H29N5O/c1-28(22-34-27(29-28)25-15-9-4-10-16-25)21-33-20-26(30-31-33)19-32(17-23-11-5-2-6-12-23)18-24-13-7-3-8-14-24/h2-16,20H,17-19,21-22H2,1H3/t28-/m0/s1. The first kappa shape index (κ1) is 22.0. The van der Waals surface area contributed by atoms with Gasteiger partial charge in [-0.05, 0) is 30.2 Å². The van der Waals surface area contributed by atoms with Crippen molar-refractivity contribution in [1.29, 1.82) is 0 Å². The molecule has 0 spiro atoms. The molecule has 34 heavy (non-hydrogen) atoms. The molecule has 0 aliphatic carbocycles. The van der Waals surface area contributed by atoms with Crippen molar-refractivity contribution in [1.82, 2.24) is 19.9 Å². The molecular weight excluding hydrogens is 422 g/mol. The molecule has 5 rings (SSSR count). The van der Waals surface area contributed by atoms with Crippen LogP contribution < -0.4 is 0 Å². The van der Waals surface area contributed by atoms with Crippen LogP contribution in [0.4, 0.5) is 0 Å². The molecule has 0 N–H and O–H groups in total. The third-order valence-electron chi connectivity index (χ3n) is 5.88. The molecule has 0 saturated carbocycles. The predicted molar refractivity (Wildman–Crippen MR) is 133 cm³/mol. The fraction of sp³-hybridized carbons (Fsp3) is 0.250. The summed E-state index contributed by atoms with van der Waals surface area (Å²) in [4.78, 5) is 7.26. The summed E-state index contributed by atoms with van der Waals surface area (Å²) in [5.41, 5.74) is 4.14. The topological polar surface area (TPSA) is 55.5 Å². The normalized spacial score (nSPS) is 17.5. The summed E-state index contributed by atoms with van der Waals surface area (Å²) >= 11 is 0. The van der Waals surface area contributed by atoms with Crippen molar-refractivity contribution in [3.63, 3.8) is 0 Å². The number of aliphatic imine (C=N–C) groups is 1. The maximum absolute atomic E-state index is 5.91. The molecule has 6 heteroatoms. The van der Waals surface area contributed by atoms with Gasteiger partial charge in [0.05, 0.1) is 12.2 Å². The van der Waals surface area contributed by atoms with Gasteiger partial charge in [0.2, 0.25) is 5.90 Å². The highest BCUT2D eigenvalue weighted by Crippen LogP contribution is 2.23. The minimum atomic E-state index is -0.371. The molecule has 172 valence electrons. The monoisotopic (exact) mass is 451 g/mol. The van der Waals surface area contributed by atoms with E-state index in [1.165, 1.54) is 11.1 Å². The van der Waals surface area contributed by atoms with Gasteiger partial charge in [-0.3, -0.25) is 4.90 Å².